The monoisotopic (exact) mass is 251 g/mol. The Bertz CT molecular complexity index is 732. The summed E-state index contributed by atoms with van der Waals surface area (Å²) >= 11 is 0. The molecule has 1 aromatic heterocycles. The van der Waals surface area contributed by atoms with E-state index in [1.807, 2.05) is 42.5 Å². The van der Waals surface area contributed by atoms with Crippen LogP contribution in [0.5, 0.6) is 5.75 Å². The first-order valence-corrected chi connectivity index (χ1v) is 6.25. The smallest absolute Gasteiger partial charge is 0.364 e. The van der Waals surface area contributed by atoms with Gasteiger partial charge in [0.05, 0.1) is 12.5 Å². The van der Waals surface area contributed by atoms with E-state index in [0.717, 1.165) is 28.0 Å². The number of rotatable bonds is 2. The standard InChI is InChI=1S/C17H15O2/c1-12-11-17(14-8-4-5-9-15(14)18-2)19-16-10-6-3-7-13(12)16/h3-11H,1-2H3/q+1. The highest BCUT2D eigenvalue weighted by Gasteiger charge is 2.19. The van der Waals surface area contributed by atoms with Gasteiger partial charge < -0.3 is 4.74 Å². The molecule has 94 valence electrons. The van der Waals surface area contributed by atoms with E-state index in [1.54, 1.807) is 7.11 Å². The Morgan fingerprint density at radius 2 is 1.68 bits per heavy atom. The maximum absolute atomic E-state index is 5.99. The second kappa shape index (κ2) is 4.73. The number of ether oxygens (including phenoxy) is 1. The van der Waals surface area contributed by atoms with Gasteiger partial charge in [0.1, 0.15) is 11.3 Å². The molecule has 0 N–H and O–H groups in total. The van der Waals surface area contributed by atoms with Crippen LogP contribution in [0, 0.1) is 6.92 Å². The number of para-hydroxylation sites is 2. The van der Waals surface area contributed by atoms with Crippen molar-refractivity contribution in [2.45, 2.75) is 6.92 Å². The highest BCUT2D eigenvalue weighted by atomic mass is 16.5. The lowest BCUT2D eigenvalue weighted by Crippen LogP contribution is -1.88. The fraction of sp³-hybridized carbons (Fsp3) is 0.118. The van der Waals surface area contributed by atoms with Crippen molar-refractivity contribution in [1.29, 1.82) is 0 Å². The quantitative estimate of drug-likeness (QED) is 0.615. The van der Waals surface area contributed by atoms with Crippen LogP contribution in [0.3, 0.4) is 0 Å². The van der Waals surface area contributed by atoms with Crippen LogP contribution in [0.4, 0.5) is 0 Å². The summed E-state index contributed by atoms with van der Waals surface area (Å²) in [6.07, 6.45) is 0. The second-order valence-electron chi connectivity index (χ2n) is 4.49. The zero-order valence-corrected chi connectivity index (χ0v) is 11.0. The molecule has 0 radical (unpaired) electrons. The Labute approximate surface area is 112 Å². The molecule has 0 saturated heterocycles. The molecule has 0 amide bonds. The Morgan fingerprint density at radius 1 is 0.947 bits per heavy atom. The number of fused-ring (bicyclic) bond motifs is 1. The zero-order valence-electron chi connectivity index (χ0n) is 11.0. The Hall–Kier alpha value is -2.35. The van der Waals surface area contributed by atoms with Crippen molar-refractivity contribution in [1.82, 2.24) is 0 Å². The molecule has 19 heavy (non-hydrogen) atoms. The molecule has 0 atom stereocenters. The molecule has 3 aromatic rings. The molecule has 0 spiro atoms. The summed E-state index contributed by atoms with van der Waals surface area (Å²) in [5, 5.41) is 1.14. The first-order valence-electron chi connectivity index (χ1n) is 6.25. The van der Waals surface area contributed by atoms with Gasteiger partial charge in [-0.25, -0.2) is 4.42 Å². The number of hydrogen-bond acceptors (Lipinski definition) is 1. The average Bonchev–Trinajstić information content (AvgIpc) is 2.47. The summed E-state index contributed by atoms with van der Waals surface area (Å²) in [5.74, 6) is 1.65. The van der Waals surface area contributed by atoms with Crippen LogP contribution < -0.4 is 4.74 Å². The van der Waals surface area contributed by atoms with Gasteiger partial charge in [0.15, 0.2) is 0 Å². The molecular formula is C17H15O2+. The van der Waals surface area contributed by atoms with Crippen molar-refractivity contribution >= 4 is 11.0 Å². The minimum atomic E-state index is 0.820. The molecule has 2 heteroatoms. The van der Waals surface area contributed by atoms with Gasteiger partial charge in [-0.15, -0.1) is 0 Å². The maximum atomic E-state index is 5.99. The van der Waals surface area contributed by atoms with Gasteiger partial charge in [0, 0.05) is 12.1 Å². The largest absolute Gasteiger partial charge is 0.496 e. The van der Waals surface area contributed by atoms with Crippen LogP contribution in [0.25, 0.3) is 22.3 Å². The molecule has 2 nitrogen and oxygen atoms in total. The molecule has 0 aliphatic heterocycles. The van der Waals surface area contributed by atoms with Crippen molar-refractivity contribution in [2.75, 3.05) is 7.11 Å². The summed E-state index contributed by atoms with van der Waals surface area (Å²) in [6, 6.07) is 18.0. The summed E-state index contributed by atoms with van der Waals surface area (Å²) in [6.45, 7) is 2.09. The topological polar surface area (TPSA) is 20.5 Å². The minimum absolute atomic E-state index is 0.820. The van der Waals surface area contributed by atoms with Gasteiger partial charge in [-0.2, -0.15) is 0 Å². The Balaban J connectivity index is 2.26. The van der Waals surface area contributed by atoms with E-state index in [2.05, 4.69) is 19.1 Å². The fourth-order valence-corrected chi connectivity index (χ4v) is 2.28. The molecule has 2 aromatic carbocycles. The van der Waals surface area contributed by atoms with Crippen molar-refractivity contribution in [3.05, 3.63) is 60.2 Å². The Morgan fingerprint density at radius 3 is 2.53 bits per heavy atom. The van der Waals surface area contributed by atoms with E-state index in [0.29, 0.717) is 0 Å². The zero-order chi connectivity index (χ0) is 13.2. The van der Waals surface area contributed by atoms with Crippen LogP contribution in [-0.2, 0) is 0 Å². The third-order valence-corrected chi connectivity index (χ3v) is 3.25. The maximum Gasteiger partial charge on any atom is 0.364 e. The summed E-state index contributed by atoms with van der Waals surface area (Å²) < 4.78 is 11.4. The van der Waals surface area contributed by atoms with Crippen molar-refractivity contribution in [3.63, 3.8) is 0 Å². The van der Waals surface area contributed by atoms with Crippen LogP contribution in [0.1, 0.15) is 5.56 Å². The van der Waals surface area contributed by atoms with Crippen molar-refractivity contribution < 1.29 is 9.15 Å². The molecule has 0 fully saturated rings. The number of benzene rings is 2. The summed E-state index contributed by atoms with van der Waals surface area (Å²) in [5.41, 5.74) is 3.06. The lowest BCUT2D eigenvalue weighted by atomic mass is 10.1. The van der Waals surface area contributed by atoms with E-state index in [4.69, 9.17) is 9.15 Å². The molecule has 0 aliphatic rings. The lowest BCUT2D eigenvalue weighted by Gasteiger charge is -2.03. The van der Waals surface area contributed by atoms with Gasteiger partial charge in [0.2, 0.25) is 0 Å². The predicted octanol–water partition coefficient (Wildman–Crippen LogP) is 4.70. The van der Waals surface area contributed by atoms with Crippen LogP contribution in [0.15, 0.2) is 59.0 Å². The van der Waals surface area contributed by atoms with Crippen LogP contribution in [-0.4, -0.2) is 7.11 Å². The second-order valence-corrected chi connectivity index (χ2v) is 4.49. The summed E-state index contributed by atoms with van der Waals surface area (Å²) in [7, 11) is 1.67. The molecule has 3 rings (SSSR count). The minimum Gasteiger partial charge on any atom is -0.496 e. The van der Waals surface area contributed by atoms with E-state index in [9.17, 15) is 0 Å². The van der Waals surface area contributed by atoms with Crippen LogP contribution >= 0.6 is 0 Å². The van der Waals surface area contributed by atoms with Crippen LogP contribution in [0.2, 0.25) is 0 Å². The molecule has 0 saturated carbocycles. The lowest BCUT2D eigenvalue weighted by molar-refractivity contribution is 0.415. The predicted molar refractivity (Wildman–Crippen MR) is 77.3 cm³/mol. The fourth-order valence-electron chi connectivity index (χ4n) is 2.28. The van der Waals surface area contributed by atoms with E-state index >= 15 is 0 Å². The van der Waals surface area contributed by atoms with E-state index in [1.165, 1.54) is 5.56 Å². The number of hydrogen-bond donors (Lipinski definition) is 0. The SMILES string of the molecule is COc1ccccc1-c1cc(C)c2ccccc2[o+]1. The summed E-state index contributed by atoms with van der Waals surface area (Å²) in [4.78, 5) is 0. The normalized spacial score (nSPS) is 10.6. The molecule has 0 unspecified atom stereocenters. The van der Waals surface area contributed by atoms with Gasteiger partial charge in [-0.05, 0) is 30.7 Å². The molecule has 0 bridgehead atoms. The highest BCUT2D eigenvalue weighted by molar-refractivity contribution is 5.83. The third kappa shape index (κ3) is 2.06. The van der Waals surface area contributed by atoms with Gasteiger partial charge in [-0.3, -0.25) is 0 Å². The van der Waals surface area contributed by atoms with Crippen molar-refractivity contribution in [2.24, 2.45) is 0 Å². The van der Waals surface area contributed by atoms with E-state index in [-0.39, 0.29) is 0 Å². The number of methoxy groups -OCH3 is 1. The van der Waals surface area contributed by atoms with Gasteiger partial charge in [-0.1, -0.05) is 24.3 Å². The van der Waals surface area contributed by atoms with Crippen molar-refractivity contribution in [3.8, 4) is 17.1 Å². The van der Waals surface area contributed by atoms with Gasteiger partial charge in [0.25, 0.3) is 0 Å². The van der Waals surface area contributed by atoms with E-state index < -0.39 is 0 Å². The Kier molecular flexibility index (Phi) is 2.92. The third-order valence-electron chi connectivity index (χ3n) is 3.25. The molecular weight excluding hydrogens is 236 g/mol. The molecule has 1 heterocycles. The average molecular weight is 251 g/mol. The van der Waals surface area contributed by atoms with Gasteiger partial charge >= 0.3 is 11.3 Å². The first kappa shape index (κ1) is 11.7. The highest BCUT2D eigenvalue weighted by Crippen LogP contribution is 2.33. The number of aryl methyl sites for hydroxylation is 1. The first-order chi connectivity index (χ1) is 9.29. The molecule has 0 aliphatic carbocycles.